The van der Waals surface area contributed by atoms with E-state index in [4.69, 9.17) is 19.1 Å². The first-order valence-electron chi connectivity index (χ1n) is 18.6. The van der Waals surface area contributed by atoms with Gasteiger partial charge in [0.1, 0.15) is 16.4 Å². The van der Waals surface area contributed by atoms with Gasteiger partial charge in [0.15, 0.2) is 24.8 Å². The molecule has 0 radical (unpaired) electrons. The van der Waals surface area contributed by atoms with Crippen LogP contribution in [0.2, 0.25) is 0 Å². The van der Waals surface area contributed by atoms with E-state index in [-0.39, 0.29) is 29.9 Å². The molecular formula is C44H48N3O7+. The molecule has 6 aromatic rings. The number of carbonyl (C=O) groups excluding carboxylic acids is 2. The highest BCUT2D eigenvalue weighted by atomic mass is 17.0. The monoisotopic (exact) mass is 730 g/mol. The molecule has 2 aromatic heterocycles. The number of hydrogen-bond acceptors (Lipinski definition) is 7. The summed E-state index contributed by atoms with van der Waals surface area (Å²) in [6.07, 6.45) is 4.83. The molecule has 0 saturated carbocycles. The van der Waals surface area contributed by atoms with Crippen LogP contribution in [0.3, 0.4) is 0 Å². The Labute approximate surface area is 315 Å². The number of unbranched alkanes of at least 4 members (excludes halogenated alkanes) is 4. The van der Waals surface area contributed by atoms with E-state index in [1.54, 1.807) is 62.8 Å². The van der Waals surface area contributed by atoms with Gasteiger partial charge in [-0.15, -0.1) is 0 Å². The maximum Gasteiger partial charge on any atom is 0.477 e. The number of rotatable bonds is 20. The third kappa shape index (κ3) is 8.33. The van der Waals surface area contributed by atoms with Crippen LogP contribution in [0.25, 0.3) is 21.8 Å². The Bertz CT molecular complexity index is 2080. The van der Waals surface area contributed by atoms with Gasteiger partial charge in [-0.3, -0.25) is 9.59 Å². The molecule has 0 atom stereocenters. The molecule has 54 heavy (non-hydrogen) atoms. The van der Waals surface area contributed by atoms with Crippen LogP contribution in [0.1, 0.15) is 81.8 Å². The minimum Gasteiger partial charge on any atom is -0.497 e. The second-order valence-corrected chi connectivity index (χ2v) is 13.4. The van der Waals surface area contributed by atoms with Crippen LogP contribution >= 0.6 is 0 Å². The molecule has 0 N–H and O–H groups in total. The van der Waals surface area contributed by atoms with E-state index in [0.29, 0.717) is 35.5 Å². The topological polar surface area (TPSA) is 101 Å². The quantitative estimate of drug-likeness (QED) is 0.0438. The number of nitrogens with zero attached hydrogens (tertiary/aromatic N) is 3. The molecule has 280 valence electrons. The number of aryl methyl sites for hydroxylation is 2. The minimum atomic E-state index is -0.00776. The van der Waals surface area contributed by atoms with Gasteiger partial charge < -0.3 is 18.6 Å². The van der Waals surface area contributed by atoms with Crippen molar-refractivity contribution in [2.75, 3.05) is 27.4 Å². The van der Waals surface area contributed by atoms with Gasteiger partial charge in [-0.05, 0) is 113 Å². The number of ether oxygens (including phenoxy) is 2. The lowest BCUT2D eigenvalue weighted by molar-refractivity contribution is -0.981. The average molecular weight is 731 g/mol. The van der Waals surface area contributed by atoms with Crippen molar-refractivity contribution >= 4 is 33.4 Å². The fourth-order valence-corrected chi connectivity index (χ4v) is 7.20. The zero-order valence-corrected chi connectivity index (χ0v) is 31.5. The Morgan fingerprint density at radius 2 is 0.926 bits per heavy atom. The summed E-state index contributed by atoms with van der Waals surface area (Å²) in [5.74, 6) is 1.41. The van der Waals surface area contributed by atoms with Gasteiger partial charge >= 0.3 is 5.09 Å². The van der Waals surface area contributed by atoms with Gasteiger partial charge in [0.2, 0.25) is 0 Å². The number of methoxy groups -OCH3 is 2. The predicted octanol–water partition coefficient (Wildman–Crippen LogP) is 9.37. The SMILES string of the molecule is COc1ccc(C(=O)c2c(C)n(CCCCCO[N+](=O)OCCCCCn3c(C)c(C(=O)c4ccc(OC)cc4)c4ccccc43)c3ccccc23)cc1. The van der Waals surface area contributed by atoms with E-state index in [9.17, 15) is 14.5 Å². The van der Waals surface area contributed by atoms with E-state index in [0.717, 1.165) is 83.1 Å². The van der Waals surface area contributed by atoms with Gasteiger partial charge in [-0.25, -0.2) is 0 Å². The second-order valence-electron chi connectivity index (χ2n) is 13.4. The van der Waals surface area contributed by atoms with E-state index in [1.807, 2.05) is 50.2 Å². The number of carbonyl (C=O) groups is 2. The standard InChI is InChI=1S/C44H48N3O7/c1-31-41(43(48)33-19-23-35(51-3)24-20-33)37-15-7-9-17-39(37)45(31)27-11-5-13-29-53-47(50)54-30-14-6-12-28-46-32(2)42(38-16-8-10-18-40(38)46)44(49)34-21-25-36(52-4)26-22-34/h7-10,15-26H,5-6,11-14,27-30H2,1-4H3/q+1. The highest BCUT2D eigenvalue weighted by Gasteiger charge is 2.22. The van der Waals surface area contributed by atoms with Gasteiger partial charge in [0.25, 0.3) is 0 Å². The van der Waals surface area contributed by atoms with Gasteiger partial charge in [0, 0.05) is 57.4 Å². The van der Waals surface area contributed by atoms with Gasteiger partial charge in [-0.2, -0.15) is 9.68 Å². The second kappa shape index (κ2) is 17.7. The average Bonchev–Trinajstić information content (AvgIpc) is 3.65. The molecule has 10 nitrogen and oxygen atoms in total. The molecule has 0 fully saturated rings. The molecule has 10 heteroatoms. The van der Waals surface area contributed by atoms with Crippen LogP contribution in [0.15, 0.2) is 97.1 Å². The van der Waals surface area contributed by atoms with Crippen LogP contribution in [-0.4, -0.2) is 53.2 Å². The number of fused-ring (bicyclic) bond motifs is 2. The minimum absolute atomic E-state index is 0.00776. The maximum absolute atomic E-state index is 13.6. The Balaban J connectivity index is 0.913. The fourth-order valence-electron chi connectivity index (χ4n) is 7.20. The molecule has 2 heterocycles. The van der Waals surface area contributed by atoms with Crippen molar-refractivity contribution in [2.24, 2.45) is 0 Å². The van der Waals surface area contributed by atoms with Crippen molar-refractivity contribution in [1.82, 2.24) is 9.13 Å². The Morgan fingerprint density at radius 3 is 1.31 bits per heavy atom. The van der Waals surface area contributed by atoms with Crippen LogP contribution in [0, 0.1) is 18.8 Å². The summed E-state index contributed by atoms with van der Waals surface area (Å²) < 4.78 is 14.9. The molecule has 0 aliphatic heterocycles. The lowest BCUT2D eigenvalue weighted by atomic mass is 10.0. The zero-order chi connectivity index (χ0) is 38.0. The summed E-state index contributed by atoms with van der Waals surface area (Å²) in [6, 6.07) is 30.4. The number of hydrogen-bond donors (Lipinski definition) is 0. The number of aromatic nitrogens is 2. The van der Waals surface area contributed by atoms with Crippen molar-refractivity contribution in [3.8, 4) is 11.5 Å². The predicted molar refractivity (Wildman–Crippen MR) is 209 cm³/mol. The molecule has 0 bridgehead atoms. The summed E-state index contributed by atoms with van der Waals surface area (Å²) in [7, 11) is 3.21. The molecule has 0 amide bonds. The third-order valence-corrected chi connectivity index (χ3v) is 10.1. The van der Waals surface area contributed by atoms with Crippen molar-refractivity contribution in [3.63, 3.8) is 0 Å². The molecule has 0 unspecified atom stereocenters. The lowest BCUT2D eigenvalue weighted by Crippen LogP contribution is -2.12. The molecule has 6 rings (SSSR count). The van der Waals surface area contributed by atoms with Crippen LogP contribution in [-0.2, 0) is 22.8 Å². The highest BCUT2D eigenvalue weighted by molar-refractivity contribution is 6.18. The summed E-state index contributed by atoms with van der Waals surface area (Å²) in [4.78, 5) is 49.8. The van der Waals surface area contributed by atoms with E-state index < -0.39 is 0 Å². The van der Waals surface area contributed by atoms with Gasteiger partial charge in [-0.1, -0.05) is 36.4 Å². The van der Waals surface area contributed by atoms with Crippen LogP contribution in [0.4, 0.5) is 0 Å². The molecule has 0 spiro atoms. The number of ketones is 2. The zero-order valence-electron chi connectivity index (χ0n) is 31.5. The summed E-state index contributed by atoms with van der Waals surface area (Å²) in [5.41, 5.74) is 6.63. The first-order chi connectivity index (χ1) is 26.3. The summed E-state index contributed by atoms with van der Waals surface area (Å²) >= 11 is 0. The van der Waals surface area contributed by atoms with E-state index >= 15 is 0 Å². The Hall–Kier alpha value is -5.90. The first kappa shape index (κ1) is 37.8. The Morgan fingerprint density at radius 1 is 0.537 bits per heavy atom. The van der Waals surface area contributed by atoms with Crippen LogP contribution in [0.5, 0.6) is 11.5 Å². The first-order valence-corrected chi connectivity index (χ1v) is 18.6. The normalized spacial score (nSPS) is 11.2. The highest BCUT2D eigenvalue weighted by Crippen LogP contribution is 2.31. The Kier molecular flexibility index (Phi) is 12.4. The van der Waals surface area contributed by atoms with Crippen molar-refractivity contribution in [3.05, 3.63) is 136 Å². The third-order valence-electron chi connectivity index (χ3n) is 10.1. The van der Waals surface area contributed by atoms with Crippen molar-refractivity contribution in [1.29, 1.82) is 0 Å². The van der Waals surface area contributed by atoms with Gasteiger partial charge in [0.05, 0.1) is 25.3 Å². The largest absolute Gasteiger partial charge is 0.497 e. The van der Waals surface area contributed by atoms with Crippen molar-refractivity contribution in [2.45, 2.75) is 65.5 Å². The van der Waals surface area contributed by atoms with E-state index in [2.05, 4.69) is 21.3 Å². The molecule has 0 saturated heterocycles. The molecule has 4 aromatic carbocycles. The summed E-state index contributed by atoms with van der Waals surface area (Å²) in [5, 5.41) is 2.11. The maximum atomic E-state index is 13.6. The fraction of sp³-hybridized carbons (Fsp3) is 0.318. The lowest BCUT2D eigenvalue weighted by Gasteiger charge is -2.09. The molecule has 0 aliphatic rings. The molecular weight excluding hydrogens is 682 g/mol. The van der Waals surface area contributed by atoms with Crippen molar-refractivity contribution < 1.29 is 33.8 Å². The summed E-state index contributed by atoms with van der Waals surface area (Å²) in [6.45, 7) is 6.01. The number of para-hydroxylation sites is 2. The van der Waals surface area contributed by atoms with E-state index in [1.165, 1.54) is 0 Å². The van der Waals surface area contributed by atoms with Crippen LogP contribution < -0.4 is 9.47 Å². The molecule has 0 aliphatic carbocycles. The smallest absolute Gasteiger partial charge is 0.477 e. The number of benzene rings is 4.